The zero-order chi connectivity index (χ0) is 17.6. The van der Waals surface area contributed by atoms with Crippen molar-refractivity contribution >= 4 is 23.2 Å². The van der Waals surface area contributed by atoms with E-state index in [0.717, 1.165) is 22.5 Å². The summed E-state index contributed by atoms with van der Waals surface area (Å²) in [5, 5.41) is 5.94. The van der Waals surface area contributed by atoms with Crippen LogP contribution in [0.2, 0.25) is 10.0 Å². The number of halogens is 2. The second-order valence-electron chi connectivity index (χ2n) is 6.60. The van der Waals surface area contributed by atoms with Crippen LogP contribution in [0.3, 0.4) is 0 Å². The first kappa shape index (κ1) is 16.6. The molecule has 0 amide bonds. The van der Waals surface area contributed by atoms with Crippen molar-refractivity contribution in [2.75, 3.05) is 0 Å². The van der Waals surface area contributed by atoms with E-state index in [1.807, 2.05) is 24.4 Å². The molecule has 1 heterocycles. The molecule has 1 aliphatic carbocycles. The second kappa shape index (κ2) is 6.49. The van der Waals surface area contributed by atoms with Crippen molar-refractivity contribution in [1.82, 2.24) is 9.78 Å². The summed E-state index contributed by atoms with van der Waals surface area (Å²) in [7, 11) is 0. The number of aromatic nitrogens is 2. The van der Waals surface area contributed by atoms with E-state index in [2.05, 4.69) is 30.2 Å². The van der Waals surface area contributed by atoms with Gasteiger partial charge in [-0.2, -0.15) is 5.10 Å². The van der Waals surface area contributed by atoms with Gasteiger partial charge in [-0.3, -0.25) is 0 Å². The molecule has 5 heteroatoms. The molecule has 1 fully saturated rings. The van der Waals surface area contributed by atoms with E-state index in [1.54, 1.807) is 4.68 Å². The van der Waals surface area contributed by atoms with Crippen molar-refractivity contribution in [3.63, 3.8) is 0 Å². The number of nitrogens with two attached hydrogens (primary N) is 1. The summed E-state index contributed by atoms with van der Waals surface area (Å²) in [5.41, 5.74) is 12.0. The lowest BCUT2D eigenvalue weighted by Crippen LogP contribution is -2.00. The molecule has 1 saturated carbocycles. The minimum atomic E-state index is 0.515. The fraction of sp³-hybridized carbons (Fsp3) is 0.250. The lowest BCUT2D eigenvalue weighted by atomic mass is 10.0. The normalized spacial score (nSPS) is 14.1. The fourth-order valence-corrected chi connectivity index (χ4v) is 3.79. The monoisotopic (exact) mass is 371 g/mol. The first-order chi connectivity index (χ1) is 12.1. The van der Waals surface area contributed by atoms with Crippen LogP contribution < -0.4 is 5.73 Å². The molecule has 2 N–H and O–H groups in total. The van der Waals surface area contributed by atoms with E-state index < -0.39 is 0 Å². The highest BCUT2D eigenvalue weighted by Crippen LogP contribution is 2.43. The minimum absolute atomic E-state index is 0.515. The third kappa shape index (κ3) is 3.20. The van der Waals surface area contributed by atoms with Crippen molar-refractivity contribution in [2.45, 2.75) is 32.2 Å². The van der Waals surface area contributed by atoms with E-state index in [0.29, 0.717) is 22.5 Å². The molecule has 3 aromatic rings. The molecule has 0 bridgehead atoms. The lowest BCUT2D eigenvalue weighted by molar-refractivity contribution is 0.882. The third-order valence-corrected chi connectivity index (χ3v) is 5.35. The Hall–Kier alpha value is -1.81. The van der Waals surface area contributed by atoms with Gasteiger partial charge in [0.2, 0.25) is 0 Å². The number of benzene rings is 2. The van der Waals surface area contributed by atoms with Crippen LogP contribution >= 0.6 is 23.2 Å². The molecule has 0 spiro atoms. The average Bonchev–Trinajstić information content (AvgIpc) is 3.34. The van der Waals surface area contributed by atoms with Gasteiger partial charge < -0.3 is 5.73 Å². The predicted octanol–water partition coefficient (Wildman–Crippen LogP) is 5.49. The highest BCUT2D eigenvalue weighted by atomic mass is 35.5. The number of aryl methyl sites for hydroxylation is 1. The number of rotatable bonds is 4. The van der Waals surface area contributed by atoms with Gasteiger partial charge in [0.05, 0.1) is 15.7 Å². The summed E-state index contributed by atoms with van der Waals surface area (Å²) in [6.45, 7) is 2.58. The topological polar surface area (TPSA) is 43.8 Å². The Bertz CT molecular complexity index is 919. The summed E-state index contributed by atoms with van der Waals surface area (Å²) in [5.74, 6) is 0.611. The summed E-state index contributed by atoms with van der Waals surface area (Å²) in [6, 6.07) is 12.2. The number of nitrogens with zero attached hydrogens (tertiary/aromatic N) is 2. The van der Waals surface area contributed by atoms with Gasteiger partial charge in [0.15, 0.2) is 0 Å². The molecule has 0 aliphatic heterocycles. The van der Waals surface area contributed by atoms with Crippen LogP contribution in [0.15, 0.2) is 42.6 Å². The van der Waals surface area contributed by atoms with Crippen LogP contribution in [0.1, 0.15) is 35.4 Å². The van der Waals surface area contributed by atoms with Crippen LogP contribution in [-0.2, 0) is 6.54 Å². The van der Waals surface area contributed by atoms with Crippen LogP contribution in [0, 0.1) is 6.92 Å². The summed E-state index contributed by atoms with van der Waals surface area (Å²) >= 11 is 13.0. The Morgan fingerprint density at radius 3 is 2.48 bits per heavy atom. The van der Waals surface area contributed by atoms with E-state index in [-0.39, 0.29) is 0 Å². The zero-order valence-electron chi connectivity index (χ0n) is 14.0. The average molecular weight is 372 g/mol. The Morgan fingerprint density at radius 2 is 1.84 bits per heavy atom. The van der Waals surface area contributed by atoms with Crippen LogP contribution in [0.4, 0.5) is 0 Å². The van der Waals surface area contributed by atoms with E-state index in [9.17, 15) is 0 Å². The Kier molecular flexibility index (Phi) is 4.32. The minimum Gasteiger partial charge on any atom is -0.326 e. The Morgan fingerprint density at radius 1 is 1.12 bits per heavy atom. The molecule has 0 saturated heterocycles. The lowest BCUT2D eigenvalue weighted by Gasteiger charge is -2.10. The molecule has 128 valence electrons. The molecular formula is C20H19Cl2N3. The smallest absolute Gasteiger partial charge is 0.102 e. The molecule has 25 heavy (non-hydrogen) atoms. The first-order valence-electron chi connectivity index (χ1n) is 8.42. The highest BCUT2D eigenvalue weighted by molar-refractivity contribution is 6.37. The maximum atomic E-state index is 6.50. The van der Waals surface area contributed by atoms with Gasteiger partial charge in [0.25, 0.3) is 0 Å². The summed E-state index contributed by atoms with van der Waals surface area (Å²) in [4.78, 5) is 0. The Labute approximate surface area is 157 Å². The van der Waals surface area contributed by atoms with Crippen molar-refractivity contribution in [3.8, 4) is 16.9 Å². The third-order valence-electron chi connectivity index (χ3n) is 4.77. The molecule has 0 radical (unpaired) electrons. The first-order valence-corrected chi connectivity index (χ1v) is 9.17. The van der Waals surface area contributed by atoms with Crippen molar-refractivity contribution in [1.29, 1.82) is 0 Å². The number of hydrogen-bond acceptors (Lipinski definition) is 2. The van der Waals surface area contributed by atoms with Gasteiger partial charge in [-0.05, 0) is 66.6 Å². The van der Waals surface area contributed by atoms with Crippen molar-refractivity contribution in [3.05, 3.63) is 69.3 Å². The molecule has 1 aliphatic rings. The molecule has 3 nitrogen and oxygen atoms in total. The predicted molar refractivity (Wildman–Crippen MR) is 104 cm³/mol. The molecule has 4 rings (SSSR count). The fourth-order valence-electron chi connectivity index (χ4n) is 3.11. The molecule has 2 aromatic carbocycles. The highest BCUT2D eigenvalue weighted by Gasteiger charge is 2.25. The number of hydrogen-bond donors (Lipinski definition) is 1. The van der Waals surface area contributed by atoms with Crippen molar-refractivity contribution < 1.29 is 0 Å². The Balaban J connectivity index is 1.72. The quantitative estimate of drug-likeness (QED) is 0.658. The van der Waals surface area contributed by atoms with Crippen LogP contribution in [0.25, 0.3) is 16.9 Å². The van der Waals surface area contributed by atoms with Crippen molar-refractivity contribution in [2.24, 2.45) is 5.73 Å². The van der Waals surface area contributed by atoms with Crippen LogP contribution in [-0.4, -0.2) is 9.78 Å². The van der Waals surface area contributed by atoms with Gasteiger partial charge >= 0.3 is 0 Å². The van der Waals surface area contributed by atoms with E-state index in [1.165, 1.54) is 24.0 Å². The van der Waals surface area contributed by atoms with Gasteiger partial charge in [-0.25, -0.2) is 4.68 Å². The van der Waals surface area contributed by atoms with Gasteiger partial charge in [0.1, 0.15) is 5.69 Å². The maximum Gasteiger partial charge on any atom is 0.102 e. The second-order valence-corrected chi connectivity index (χ2v) is 7.41. The van der Waals surface area contributed by atoms with Gasteiger partial charge in [-0.15, -0.1) is 0 Å². The summed E-state index contributed by atoms with van der Waals surface area (Å²) in [6.07, 6.45) is 4.32. The van der Waals surface area contributed by atoms with Gasteiger partial charge in [0, 0.05) is 18.3 Å². The van der Waals surface area contributed by atoms with Crippen LogP contribution in [0.5, 0.6) is 0 Å². The SMILES string of the molecule is Cc1ccc(-c2ccn(-c3c(Cl)cc(C4CC4)cc3Cl)n2)cc1CN. The molecular weight excluding hydrogens is 353 g/mol. The molecule has 0 atom stereocenters. The maximum absolute atomic E-state index is 6.50. The zero-order valence-corrected chi connectivity index (χ0v) is 15.5. The molecule has 0 unspecified atom stereocenters. The largest absolute Gasteiger partial charge is 0.326 e. The standard InChI is InChI=1S/C20H19Cl2N3/c1-12-2-3-14(8-16(12)11-23)19-6-7-25(24-19)20-17(21)9-15(10-18(20)22)13-4-5-13/h2-3,6-10,13H,4-5,11,23H2,1H3. The van der Waals surface area contributed by atoms with Gasteiger partial charge in [-0.1, -0.05) is 35.3 Å². The van der Waals surface area contributed by atoms with E-state index in [4.69, 9.17) is 28.9 Å². The summed E-state index contributed by atoms with van der Waals surface area (Å²) < 4.78 is 1.75. The molecule has 1 aromatic heterocycles. The van der Waals surface area contributed by atoms with E-state index >= 15 is 0 Å².